The Kier molecular flexibility index (Phi) is 2.78. The van der Waals surface area contributed by atoms with Gasteiger partial charge in [-0.25, -0.2) is 4.98 Å². The fourth-order valence-electron chi connectivity index (χ4n) is 1.42. The highest BCUT2D eigenvalue weighted by Crippen LogP contribution is 2.24. The van der Waals surface area contributed by atoms with Gasteiger partial charge in [0.1, 0.15) is 6.29 Å². The molecule has 1 atom stereocenters. The SMILES string of the molecule is Nc1nc(C(C=O)c2ccccc2)cs1. The number of aromatic nitrogens is 1. The molecule has 1 heterocycles. The summed E-state index contributed by atoms with van der Waals surface area (Å²) in [6, 6.07) is 9.55. The molecule has 0 bridgehead atoms. The van der Waals surface area contributed by atoms with E-state index in [-0.39, 0.29) is 5.92 Å². The largest absolute Gasteiger partial charge is 0.375 e. The molecule has 1 aromatic heterocycles. The highest BCUT2D eigenvalue weighted by atomic mass is 32.1. The van der Waals surface area contributed by atoms with Crippen molar-refractivity contribution in [3.8, 4) is 0 Å². The Bertz CT molecular complexity index is 453. The van der Waals surface area contributed by atoms with Crippen LogP contribution < -0.4 is 5.73 Å². The smallest absolute Gasteiger partial charge is 0.180 e. The number of hydrogen-bond donors (Lipinski definition) is 1. The lowest BCUT2D eigenvalue weighted by Crippen LogP contribution is -2.02. The number of hydrogen-bond acceptors (Lipinski definition) is 4. The van der Waals surface area contributed by atoms with Crippen molar-refractivity contribution >= 4 is 22.8 Å². The molecule has 0 aliphatic heterocycles. The van der Waals surface area contributed by atoms with E-state index in [1.54, 1.807) is 0 Å². The number of nitrogen functional groups attached to an aromatic ring is 1. The van der Waals surface area contributed by atoms with E-state index < -0.39 is 0 Å². The van der Waals surface area contributed by atoms with E-state index in [0.29, 0.717) is 5.13 Å². The second kappa shape index (κ2) is 4.23. The van der Waals surface area contributed by atoms with Gasteiger partial charge in [0, 0.05) is 5.38 Å². The maximum absolute atomic E-state index is 11.0. The third-order valence-corrected chi connectivity index (χ3v) is 2.85. The Morgan fingerprint density at radius 1 is 1.33 bits per heavy atom. The van der Waals surface area contributed by atoms with Crippen molar-refractivity contribution in [3.05, 3.63) is 47.0 Å². The zero-order valence-corrected chi connectivity index (χ0v) is 8.78. The lowest BCUT2D eigenvalue weighted by Gasteiger charge is -2.06. The van der Waals surface area contributed by atoms with E-state index in [1.807, 2.05) is 35.7 Å². The molecule has 0 fully saturated rings. The highest BCUT2D eigenvalue weighted by molar-refractivity contribution is 7.13. The first-order valence-electron chi connectivity index (χ1n) is 4.52. The quantitative estimate of drug-likeness (QED) is 0.802. The van der Waals surface area contributed by atoms with Gasteiger partial charge in [-0.15, -0.1) is 11.3 Å². The molecule has 0 saturated heterocycles. The summed E-state index contributed by atoms with van der Waals surface area (Å²) in [6.07, 6.45) is 0.893. The molecule has 0 aliphatic rings. The van der Waals surface area contributed by atoms with Gasteiger partial charge < -0.3 is 10.5 Å². The average molecular weight is 218 g/mol. The van der Waals surface area contributed by atoms with Crippen LogP contribution >= 0.6 is 11.3 Å². The minimum absolute atomic E-state index is 0.306. The van der Waals surface area contributed by atoms with Crippen LogP contribution in [-0.2, 0) is 4.79 Å². The number of carbonyl (C=O) groups is 1. The van der Waals surface area contributed by atoms with Gasteiger partial charge >= 0.3 is 0 Å². The molecular formula is C11H10N2OS. The summed E-state index contributed by atoms with van der Waals surface area (Å²) in [4.78, 5) is 15.2. The second-order valence-electron chi connectivity index (χ2n) is 3.14. The fourth-order valence-corrected chi connectivity index (χ4v) is 2.02. The van der Waals surface area contributed by atoms with Crippen LogP contribution in [0.2, 0.25) is 0 Å². The summed E-state index contributed by atoms with van der Waals surface area (Å²) in [5.41, 5.74) is 7.20. The molecule has 4 heteroatoms. The first kappa shape index (κ1) is 9.86. The second-order valence-corrected chi connectivity index (χ2v) is 4.02. The number of rotatable bonds is 3. The highest BCUT2D eigenvalue weighted by Gasteiger charge is 2.15. The van der Waals surface area contributed by atoms with Gasteiger partial charge in [0.15, 0.2) is 5.13 Å². The number of aldehydes is 1. The van der Waals surface area contributed by atoms with Crippen molar-refractivity contribution in [2.45, 2.75) is 5.92 Å². The Morgan fingerprint density at radius 2 is 2.07 bits per heavy atom. The number of benzene rings is 1. The van der Waals surface area contributed by atoms with Crippen LogP contribution in [0.25, 0.3) is 0 Å². The molecular weight excluding hydrogens is 208 g/mol. The monoisotopic (exact) mass is 218 g/mol. The van der Waals surface area contributed by atoms with E-state index in [0.717, 1.165) is 17.5 Å². The fraction of sp³-hybridized carbons (Fsp3) is 0.0909. The maximum atomic E-state index is 11.0. The van der Waals surface area contributed by atoms with Crippen molar-refractivity contribution < 1.29 is 4.79 Å². The van der Waals surface area contributed by atoms with Gasteiger partial charge in [0.25, 0.3) is 0 Å². The predicted octanol–water partition coefficient (Wildman–Crippen LogP) is 2.06. The zero-order chi connectivity index (χ0) is 10.7. The molecule has 0 aliphatic carbocycles. The third-order valence-electron chi connectivity index (χ3n) is 2.15. The molecule has 0 radical (unpaired) electrons. The summed E-state index contributed by atoms with van der Waals surface area (Å²) >= 11 is 1.35. The summed E-state index contributed by atoms with van der Waals surface area (Å²) < 4.78 is 0. The van der Waals surface area contributed by atoms with Gasteiger partial charge in [-0.1, -0.05) is 30.3 Å². The van der Waals surface area contributed by atoms with Crippen molar-refractivity contribution in [1.82, 2.24) is 4.98 Å². The van der Waals surface area contributed by atoms with Crippen LogP contribution in [0.4, 0.5) is 5.13 Å². The van der Waals surface area contributed by atoms with Crippen LogP contribution in [0.3, 0.4) is 0 Å². The van der Waals surface area contributed by atoms with Gasteiger partial charge in [-0.2, -0.15) is 0 Å². The molecule has 76 valence electrons. The van der Waals surface area contributed by atoms with Gasteiger partial charge in [0.05, 0.1) is 11.6 Å². The molecule has 2 N–H and O–H groups in total. The first-order chi connectivity index (χ1) is 7.31. The number of anilines is 1. The molecule has 2 rings (SSSR count). The van der Waals surface area contributed by atoms with Crippen molar-refractivity contribution in [3.63, 3.8) is 0 Å². The van der Waals surface area contributed by atoms with Gasteiger partial charge in [0.2, 0.25) is 0 Å². The van der Waals surface area contributed by atoms with Gasteiger partial charge in [-0.05, 0) is 5.56 Å². The summed E-state index contributed by atoms with van der Waals surface area (Å²) in [5, 5.41) is 2.31. The molecule has 3 nitrogen and oxygen atoms in total. The van der Waals surface area contributed by atoms with E-state index in [4.69, 9.17) is 5.73 Å². The Hall–Kier alpha value is -1.68. The minimum Gasteiger partial charge on any atom is -0.375 e. The number of carbonyl (C=O) groups excluding carboxylic acids is 1. The van der Waals surface area contributed by atoms with E-state index >= 15 is 0 Å². The summed E-state index contributed by atoms with van der Waals surface area (Å²) in [6.45, 7) is 0. The molecule has 15 heavy (non-hydrogen) atoms. The van der Waals surface area contributed by atoms with E-state index in [2.05, 4.69) is 4.98 Å². The van der Waals surface area contributed by atoms with Crippen LogP contribution in [0.1, 0.15) is 17.2 Å². The Labute approximate surface area is 91.6 Å². The molecule has 2 aromatic rings. The lowest BCUT2D eigenvalue weighted by molar-refractivity contribution is -0.108. The van der Waals surface area contributed by atoms with Crippen LogP contribution in [0.5, 0.6) is 0 Å². The van der Waals surface area contributed by atoms with E-state index in [9.17, 15) is 4.79 Å². The number of nitrogens with zero attached hydrogens (tertiary/aromatic N) is 1. The maximum Gasteiger partial charge on any atom is 0.180 e. The van der Waals surface area contributed by atoms with Crippen molar-refractivity contribution in [2.75, 3.05) is 5.73 Å². The van der Waals surface area contributed by atoms with Crippen LogP contribution in [-0.4, -0.2) is 11.3 Å². The zero-order valence-electron chi connectivity index (χ0n) is 7.96. The Balaban J connectivity index is 2.37. The standard InChI is InChI=1S/C11H10N2OS/c12-11-13-10(7-15-11)9(6-14)8-4-2-1-3-5-8/h1-7,9H,(H2,12,13). The third kappa shape index (κ3) is 2.05. The number of nitrogens with two attached hydrogens (primary N) is 1. The van der Waals surface area contributed by atoms with Crippen LogP contribution in [0.15, 0.2) is 35.7 Å². The Morgan fingerprint density at radius 3 is 2.60 bits per heavy atom. The summed E-state index contributed by atoms with van der Waals surface area (Å²) in [5.74, 6) is -0.306. The summed E-state index contributed by atoms with van der Waals surface area (Å²) in [7, 11) is 0. The predicted molar refractivity (Wildman–Crippen MR) is 60.9 cm³/mol. The average Bonchev–Trinajstić information content (AvgIpc) is 2.68. The number of thiazole rings is 1. The molecule has 0 amide bonds. The van der Waals surface area contributed by atoms with Crippen molar-refractivity contribution in [1.29, 1.82) is 0 Å². The molecule has 1 aromatic carbocycles. The topological polar surface area (TPSA) is 56.0 Å². The van der Waals surface area contributed by atoms with E-state index in [1.165, 1.54) is 11.3 Å². The minimum atomic E-state index is -0.306. The molecule has 1 unspecified atom stereocenters. The lowest BCUT2D eigenvalue weighted by atomic mass is 9.98. The van der Waals surface area contributed by atoms with Gasteiger partial charge in [-0.3, -0.25) is 0 Å². The molecule has 0 saturated carbocycles. The van der Waals surface area contributed by atoms with Crippen molar-refractivity contribution in [2.24, 2.45) is 0 Å². The first-order valence-corrected chi connectivity index (χ1v) is 5.40. The normalized spacial score (nSPS) is 12.3. The molecule has 0 spiro atoms. The van der Waals surface area contributed by atoms with Crippen LogP contribution in [0, 0.1) is 0 Å².